The lowest BCUT2D eigenvalue weighted by Crippen LogP contribution is -2.38. The summed E-state index contributed by atoms with van der Waals surface area (Å²) in [5.41, 5.74) is 3.46. The fraction of sp³-hybridized carbons (Fsp3) is 0.448. The number of likely N-dealkylation sites (tertiary alicyclic amines) is 2. The number of carbonyl (C=O) groups excluding carboxylic acids is 2. The Balaban J connectivity index is 0.000000421. The van der Waals surface area contributed by atoms with Gasteiger partial charge in [0.2, 0.25) is 0 Å². The van der Waals surface area contributed by atoms with Gasteiger partial charge in [-0.2, -0.15) is 0 Å². The van der Waals surface area contributed by atoms with Crippen molar-refractivity contribution in [3.8, 4) is 0 Å². The first-order valence-corrected chi connectivity index (χ1v) is 13.0. The van der Waals surface area contributed by atoms with E-state index in [1.807, 2.05) is 36.1 Å². The van der Waals surface area contributed by atoms with Crippen LogP contribution >= 0.6 is 0 Å². The highest BCUT2D eigenvalue weighted by atomic mass is 16.2. The van der Waals surface area contributed by atoms with Gasteiger partial charge in [-0.05, 0) is 88.8 Å². The topological polar surface area (TPSA) is 68.4 Å². The summed E-state index contributed by atoms with van der Waals surface area (Å²) in [7, 11) is 2.17. The third kappa shape index (κ3) is 6.51. The van der Waals surface area contributed by atoms with Crippen LogP contribution in [0.5, 0.6) is 0 Å². The molecule has 6 nitrogen and oxygen atoms in total. The molecule has 2 aliphatic rings. The lowest BCUT2D eigenvalue weighted by molar-refractivity contribution is 0.0690. The van der Waals surface area contributed by atoms with Crippen molar-refractivity contribution in [3.63, 3.8) is 0 Å². The Morgan fingerprint density at radius 1 is 1.00 bits per heavy atom. The van der Waals surface area contributed by atoms with E-state index < -0.39 is 0 Å². The zero-order valence-corrected chi connectivity index (χ0v) is 21.1. The van der Waals surface area contributed by atoms with Gasteiger partial charge in [0.1, 0.15) is 0 Å². The average Bonchev–Trinajstić information content (AvgIpc) is 3.54. The molecule has 5 rings (SSSR count). The Morgan fingerprint density at radius 3 is 2.34 bits per heavy atom. The number of carbonyl (C=O) groups is 2. The molecule has 1 aromatic heterocycles. The summed E-state index contributed by atoms with van der Waals surface area (Å²) in [5.74, 6) is 0.552. The first-order chi connectivity index (χ1) is 17.0. The summed E-state index contributed by atoms with van der Waals surface area (Å²) < 4.78 is 0. The zero-order valence-electron chi connectivity index (χ0n) is 21.1. The third-order valence-corrected chi connectivity index (χ3v) is 7.11. The average molecular weight is 475 g/mol. The van der Waals surface area contributed by atoms with Crippen LogP contribution in [0.3, 0.4) is 0 Å². The molecule has 3 heterocycles. The van der Waals surface area contributed by atoms with Crippen molar-refractivity contribution in [2.24, 2.45) is 5.92 Å². The number of hydrogen-bond acceptors (Lipinski definition) is 3. The van der Waals surface area contributed by atoms with Gasteiger partial charge in [0.25, 0.3) is 11.8 Å². The number of nitrogens with zero attached hydrogens (tertiary/aromatic N) is 2. The maximum Gasteiger partial charge on any atom is 0.253 e. The molecule has 2 N–H and O–H groups in total. The normalized spacial score (nSPS) is 16.7. The molecular formula is C29H38N4O2. The summed E-state index contributed by atoms with van der Waals surface area (Å²) in [6.07, 6.45) is 7.66. The number of rotatable bonds is 5. The molecule has 35 heavy (non-hydrogen) atoms. The van der Waals surface area contributed by atoms with Crippen molar-refractivity contribution in [3.05, 3.63) is 71.4 Å². The second-order valence-electron chi connectivity index (χ2n) is 9.76. The number of fused-ring (bicyclic) bond motifs is 1. The van der Waals surface area contributed by atoms with Gasteiger partial charge in [0, 0.05) is 42.3 Å². The number of H-pyrrole nitrogens is 1. The van der Waals surface area contributed by atoms with Crippen LogP contribution in [0.15, 0.2) is 54.7 Å². The Kier molecular flexibility index (Phi) is 8.59. The van der Waals surface area contributed by atoms with Gasteiger partial charge in [-0.1, -0.05) is 30.3 Å². The molecule has 0 spiro atoms. The van der Waals surface area contributed by atoms with Gasteiger partial charge < -0.3 is 20.1 Å². The summed E-state index contributed by atoms with van der Waals surface area (Å²) in [5, 5.41) is 3.61. The van der Waals surface area contributed by atoms with Crippen LogP contribution in [0.2, 0.25) is 0 Å². The molecule has 0 saturated carbocycles. The molecule has 0 bridgehead atoms. The predicted molar refractivity (Wildman–Crippen MR) is 142 cm³/mol. The molecule has 186 valence electrons. The smallest absolute Gasteiger partial charge is 0.253 e. The molecule has 2 saturated heterocycles. The molecule has 2 fully saturated rings. The Morgan fingerprint density at radius 2 is 1.71 bits per heavy atom. The Bertz CT molecular complexity index is 1110. The minimum absolute atomic E-state index is 0.0492. The fourth-order valence-electron chi connectivity index (χ4n) is 5.04. The van der Waals surface area contributed by atoms with Crippen LogP contribution in [0.1, 0.15) is 58.9 Å². The fourth-order valence-corrected chi connectivity index (χ4v) is 5.04. The van der Waals surface area contributed by atoms with Gasteiger partial charge in [0.15, 0.2) is 0 Å². The third-order valence-electron chi connectivity index (χ3n) is 7.11. The van der Waals surface area contributed by atoms with Gasteiger partial charge >= 0.3 is 0 Å². The van der Waals surface area contributed by atoms with Crippen molar-refractivity contribution in [2.45, 2.75) is 39.0 Å². The van der Waals surface area contributed by atoms with E-state index in [-0.39, 0.29) is 11.8 Å². The van der Waals surface area contributed by atoms with E-state index in [0.29, 0.717) is 23.6 Å². The maximum absolute atomic E-state index is 13.1. The molecule has 2 aliphatic heterocycles. The first kappa shape index (κ1) is 25.0. The summed E-state index contributed by atoms with van der Waals surface area (Å²) >= 11 is 0. The van der Waals surface area contributed by atoms with Crippen molar-refractivity contribution >= 4 is 22.7 Å². The van der Waals surface area contributed by atoms with Crippen molar-refractivity contribution < 1.29 is 9.59 Å². The van der Waals surface area contributed by atoms with E-state index >= 15 is 0 Å². The molecular weight excluding hydrogens is 436 g/mol. The number of piperidine rings is 1. The first-order valence-electron chi connectivity index (χ1n) is 13.0. The SMILES string of the molecule is CCNC(=O)c1c[nH]c2ccc(C(=O)N3CCC(Cc4ccccc4)CC3)cc12.CN1CCCC1. The maximum atomic E-state index is 13.1. The molecule has 0 aliphatic carbocycles. The molecule has 2 amide bonds. The molecule has 0 radical (unpaired) electrons. The second kappa shape index (κ2) is 12.0. The van der Waals surface area contributed by atoms with Crippen LogP contribution in [0.25, 0.3) is 10.9 Å². The van der Waals surface area contributed by atoms with Crippen LogP contribution < -0.4 is 5.32 Å². The molecule has 6 heteroatoms. The summed E-state index contributed by atoms with van der Waals surface area (Å²) in [6.45, 7) is 6.67. The van der Waals surface area contributed by atoms with E-state index in [1.165, 1.54) is 31.5 Å². The van der Waals surface area contributed by atoms with Crippen molar-refractivity contribution in [2.75, 3.05) is 39.8 Å². The minimum atomic E-state index is -0.120. The number of aromatic nitrogens is 1. The Hall–Kier alpha value is -3.12. The second-order valence-corrected chi connectivity index (χ2v) is 9.76. The number of nitrogens with one attached hydrogen (secondary N) is 2. The number of aromatic amines is 1. The largest absolute Gasteiger partial charge is 0.360 e. The summed E-state index contributed by atoms with van der Waals surface area (Å²) in [6, 6.07) is 16.1. The quantitative estimate of drug-likeness (QED) is 0.562. The zero-order chi connectivity index (χ0) is 24.6. The predicted octanol–water partition coefficient (Wildman–Crippen LogP) is 4.72. The van der Waals surface area contributed by atoms with Crippen LogP contribution in [0.4, 0.5) is 0 Å². The highest BCUT2D eigenvalue weighted by Crippen LogP contribution is 2.25. The molecule has 3 aromatic rings. The number of amides is 2. The Labute approximate surface area is 208 Å². The van der Waals surface area contributed by atoms with Crippen LogP contribution in [-0.2, 0) is 6.42 Å². The highest BCUT2D eigenvalue weighted by molar-refractivity contribution is 6.08. The van der Waals surface area contributed by atoms with E-state index in [0.717, 1.165) is 43.3 Å². The van der Waals surface area contributed by atoms with E-state index in [9.17, 15) is 9.59 Å². The molecule has 2 aromatic carbocycles. The van der Waals surface area contributed by atoms with Gasteiger partial charge in [0.05, 0.1) is 5.56 Å². The minimum Gasteiger partial charge on any atom is -0.360 e. The van der Waals surface area contributed by atoms with Crippen molar-refractivity contribution in [1.82, 2.24) is 20.1 Å². The number of hydrogen-bond donors (Lipinski definition) is 2. The lowest BCUT2D eigenvalue weighted by atomic mass is 9.90. The van der Waals surface area contributed by atoms with Crippen LogP contribution in [0, 0.1) is 5.92 Å². The monoisotopic (exact) mass is 474 g/mol. The van der Waals surface area contributed by atoms with E-state index in [1.54, 1.807) is 6.20 Å². The number of benzene rings is 2. The summed E-state index contributed by atoms with van der Waals surface area (Å²) in [4.78, 5) is 32.7. The molecule has 0 unspecified atom stereocenters. The molecule has 0 atom stereocenters. The van der Waals surface area contributed by atoms with E-state index in [4.69, 9.17) is 0 Å². The van der Waals surface area contributed by atoms with Gasteiger partial charge in [-0.15, -0.1) is 0 Å². The lowest BCUT2D eigenvalue weighted by Gasteiger charge is -2.32. The van der Waals surface area contributed by atoms with Gasteiger partial charge in [-0.25, -0.2) is 0 Å². The van der Waals surface area contributed by atoms with Crippen molar-refractivity contribution in [1.29, 1.82) is 0 Å². The van der Waals surface area contributed by atoms with E-state index in [2.05, 4.69) is 46.5 Å². The standard InChI is InChI=1S/C24H27N3O2.C5H11N/c1-2-25-23(28)21-16-26-22-9-8-19(15-20(21)22)24(29)27-12-10-18(11-13-27)14-17-6-4-3-5-7-17;1-6-4-2-3-5-6/h3-9,15-16,18,26H,2,10-14H2,1H3,(H,25,28);2-5H2,1H3. The van der Waals surface area contributed by atoms with Crippen LogP contribution in [-0.4, -0.2) is 66.4 Å². The van der Waals surface area contributed by atoms with Gasteiger partial charge in [-0.3, -0.25) is 9.59 Å². The highest BCUT2D eigenvalue weighted by Gasteiger charge is 2.24.